The fraction of sp³-hybridized carbons (Fsp3) is 1.00. The molecule has 0 aromatic rings. The van der Waals surface area contributed by atoms with Gasteiger partial charge in [-0.3, -0.25) is 0 Å². The second kappa shape index (κ2) is 4.19. The number of rotatable bonds is 2. The molecule has 2 heteroatoms. The SMILES string of the molecule is CC1CC(C)N(CC2CCCC2O)C1. The topological polar surface area (TPSA) is 23.5 Å². The van der Waals surface area contributed by atoms with E-state index in [1.807, 2.05) is 0 Å². The monoisotopic (exact) mass is 197 g/mol. The van der Waals surface area contributed by atoms with Crippen molar-refractivity contribution in [3.05, 3.63) is 0 Å². The van der Waals surface area contributed by atoms with Crippen LogP contribution in [-0.2, 0) is 0 Å². The summed E-state index contributed by atoms with van der Waals surface area (Å²) in [5.74, 6) is 1.41. The highest BCUT2D eigenvalue weighted by atomic mass is 16.3. The molecule has 1 aliphatic carbocycles. The highest BCUT2D eigenvalue weighted by molar-refractivity contribution is 4.85. The van der Waals surface area contributed by atoms with E-state index in [0.717, 1.165) is 24.9 Å². The molecule has 0 aromatic heterocycles. The van der Waals surface area contributed by atoms with Crippen molar-refractivity contribution >= 4 is 0 Å². The first-order chi connectivity index (χ1) is 6.66. The van der Waals surface area contributed by atoms with Crippen LogP contribution in [0.1, 0.15) is 39.5 Å². The predicted octanol–water partition coefficient (Wildman–Crippen LogP) is 1.88. The van der Waals surface area contributed by atoms with Crippen molar-refractivity contribution in [2.24, 2.45) is 11.8 Å². The summed E-state index contributed by atoms with van der Waals surface area (Å²) in [6.45, 7) is 7.03. The molecule has 2 aliphatic rings. The maximum absolute atomic E-state index is 9.77. The first kappa shape index (κ1) is 10.4. The Labute approximate surface area is 87.3 Å². The predicted molar refractivity (Wildman–Crippen MR) is 58.2 cm³/mol. The molecule has 1 N–H and O–H groups in total. The Balaban J connectivity index is 1.85. The molecule has 1 aliphatic heterocycles. The third kappa shape index (κ3) is 2.12. The van der Waals surface area contributed by atoms with Gasteiger partial charge in [-0.05, 0) is 38.0 Å². The molecule has 1 saturated carbocycles. The normalized spacial score (nSPS) is 44.8. The van der Waals surface area contributed by atoms with Crippen molar-refractivity contribution in [3.8, 4) is 0 Å². The van der Waals surface area contributed by atoms with Gasteiger partial charge in [-0.15, -0.1) is 0 Å². The third-order valence-corrected chi connectivity index (χ3v) is 4.00. The molecular formula is C12H23NO. The third-order valence-electron chi connectivity index (χ3n) is 4.00. The van der Waals surface area contributed by atoms with E-state index in [9.17, 15) is 5.11 Å². The summed E-state index contributed by atoms with van der Waals surface area (Å²) in [7, 11) is 0. The van der Waals surface area contributed by atoms with E-state index in [0.29, 0.717) is 5.92 Å². The van der Waals surface area contributed by atoms with Gasteiger partial charge in [0.15, 0.2) is 0 Å². The number of nitrogens with zero attached hydrogens (tertiary/aromatic N) is 1. The number of aliphatic hydroxyl groups excluding tert-OH is 1. The summed E-state index contributed by atoms with van der Waals surface area (Å²) in [4.78, 5) is 2.57. The van der Waals surface area contributed by atoms with E-state index in [-0.39, 0.29) is 6.10 Å². The average Bonchev–Trinajstić information content (AvgIpc) is 2.62. The summed E-state index contributed by atoms with van der Waals surface area (Å²) >= 11 is 0. The molecule has 2 nitrogen and oxygen atoms in total. The quantitative estimate of drug-likeness (QED) is 0.730. The molecular weight excluding hydrogens is 174 g/mol. The lowest BCUT2D eigenvalue weighted by Gasteiger charge is -2.26. The van der Waals surface area contributed by atoms with E-state index in [1.165, 1.54) is 25.8 Å². The minimum atomic E-state index is -0.0156. The van der Waals surface area contributed by atoms with Crippen LogP contribution in [0.3, 0.4) is 0 Å². The lowest BCUT2D eigenvalue weighted by atomic mass is 10.1. The van der Waals surface area contributed by atoms with Crippen LogP contribution in [0.5, 0.6) is 0 Å². The van der Waals surface area contributed by atoms with E-state index < -0.39 is 0 Å². The van der Waals surface area contributed by atoms with Gasteiger partial charge >= 0.3 is 0 Å². The molecule has 0 radical (unpaired) electrons. The number of likely N-dealkylation sites (tertiary alicyclic amines) is 1. The van der Waals surface area contributed by atoms with Gasteiger partial charge in [-0.2, -0.15) is 0 Å². The van der Waals surface area contributed by atoms with Gasteiger partial charge < -0.3 is 10.0 Å². The highest BCUT2D eigenvalue weighted by Crippen LogP contribution is 2.30. The summed E-state index contributed by atoms with van der Waals surface area (Å²) in [5.41, 5.74) is 0. The molecule has 2 rings (SSSR count). The van der Waals surface area contributed by atoms with Crippen molar-refractivity contribution in [2.45, 2.75) is 51.7 Å². The number of hydrogen-bond acceptors (Lipinski definition) is 2. The number of hydrogen-bond donors (Lipinski definition) is 1. The molecule has 4 unspecified atom stereocenters. The fourth-order valence-electron chi connectivity index (χ4n) is 3.17. The molecule has 4 atom stereocenters. The van der Waals surface area contributed by atoms with Crippen LogP contribution in [-0.4, -0.2) is 35.2 Å². The van der Waals surface area contributed by atoms with Crippen molar-refractivity contribution in [1.29, 1.82) is 0 Å². The van der Waals surface area contributed by atoms with Gasteiger partial charge in [0.25, 0.3) is 0 Å². The molecule has 1 heterocycles. The molecule has 1 saturated heterocycles. The zero-order valence-corrected chi connectivity index (χ0v) is 9.45. The van der Waals surface area contributed by atoms with Crippen molar-refractivity contribution in [1.82, 2.24) is 4.90 Å². The standard InChI is InChI=1S/C12H23NO/c1-9-6-10(2)13(7-9)8-11-4-3-5-12(11)14/h9-12,14H,3-8H2,1-2H3. The van der Waals surface area contributed by atoms with Gasteiger partial charge in [0, 0.05) is 19.1 Å². The molecule has 82 valence electrons. The van der Waals surface area contributed by atoms with E-state index >= 15 is 0 Å². The first-order valence-corrected chi connectivity index (χ1v) is 6.09. The summed E-state index contributed by atoms with van der Waals surface area (Å²) in [6.07, 6.45) is 4.81. The molecule has 0 aromatic carbocycles. The van der Waals surface area contributed by atoms with Gasteiger partial charge in [0.1, 0.15) is 0 Å². The van der Waals surface area contributed by atoms with Crippen molar-refractivity contribution in [3.63, 3.8) is 0 Å². The first-order valence-electron chi connectivity index (χ1n) is 6.09. The van der Waals surface area contributed by atoms with Crippen LogP contribution in [0.2, 0.25) is 0 Å². The van der Waals surface area contributed by atoms with Crippen molar-refractivity contribution < 1.29 is 5.11 Å². The Kier molecular flexibility index (Phi) is 3.13. The molecule has 0 amide bonds. The summed E-state index contributed by atoms with van der Waals surface area (Å²) in [5, 5.41) is 9.77. The highest BCUT2D eigenvalue weighted by Gasteiger charge is 2.32. The number of aliphatic hydroxyl groups is 1. The lowest BCUT2D eigenvalue weighted by Crippen LogP contribution is -2.35. The van der Waals surface area contributed by atoms with Gasteiger partial charge in [-0.25, -0.2) is 0 Å². The van der Waals surface area contributed by atoms with Crippen LogP contribution in [0, 0.1) is 11.8 Å². The van der Waals surface area contributed by atoms with E-state index in [2.05, 4.69) is 18.7 Å². The molecule has 14 heavy (non-hydrogen) atoms. The minimum Gasteiger partial charge on any atom is -0.393 e. The Morgan fingerprint density at radius 1 is 1.29 bits per heavy atom. The second-order valence-corrected chi connectivity index (χ2v) is 5.40. The molecule has 0 bridgehead atoms. The second-order valence-electron chi connectivity index (χ2n) is 5.40. The Bertz CT molecular complexity index is 195. The van der Waals surface area contributed by atoms with Crippen LogP contribution >= 0.6 is 0 Å². The zero-order chi connectivity index (χ0) is 10.1. The average molecular weight is 197 g/mol. The fourth-order valence-corrected chi connectivity index (χ4v) is 3.17. The van der Waals surface area contributed by atoms with Crippen LogP contribution in [0.25, 0.3) is 0 Å². The van der Waals surface area contributed by atoms with Crippen LogP contribution < -0.4 is 0 Å². The Morgan fingerprint density at radius 2 is 2.07 bits per heavy atom. The largest absolute Gasteiger partial charge is 0.393 e. The minimum absolute atomic E-state index is 0.0156. The maximum atomic E-state index is 9.77. The molecule has 2 fully saturated rings. The van der Waals surface area contributed by atoms with Gasteiger partial charge in [0.05, 0.1) is 6.10 Å². The molecule has 0 spiro atoms. The van der Waals surface area contributed by atoms with Gasteiger partial charge in [-0.1, -0.05) is 13.3 Å². The zero-order valence-electron chi connectivity index (χ0n) is 9.45. The maximum Gasteiger partial charge on any atom is 0.0580 e. The van der Waals surface area contributed by atoms with Crippen LogP contribution in [0.15, 0.2) is 0 Å². The van der Waals surface area contributed by atoms with Crippen LogP contribution in [0.4, 0.5) is 0 Å². The lowest BCUT2D eigenvalue weighted by molar-refractivity contribution is 0.0993. The summed E-state index contributed by atoms with van der Waals surface area (Å²) in [6, 6.07) is 0.734. The van der Waals surface area contributed by atoms with Crippen molar-refractivity contribution in [2.75, 3.05) is 13.1 Å². The smallest absolute Gasteiger partial charge is 0.0580 e. The summed E-state index contributed by atoms with van der Waals surface area (Å²) < 4.78 is 0. The van der Waals surface area contributed by atoms with E-state index in [1.54, 1.807) is 0 Å². The van der Waals surface area contributed by atoms with Gasteiger partial charge in [0.2, 0.25) is 0 Å². The Morgan fingerprint density at radius 3 is 2.57 bits per heavy atom. The van der Waals surface area contributed by atoms with E-state index in [4.69, 9.17) is 0 Å². The Hall–Kier alpha value is -0.0800.